The summed E-state index contributed by atoms with van der Waals surface area (Å²) in [4.78, 5) is 10.9. The van der Waals surface area contributed by atoms with E-state index in [0.29, 0.717) is 0 Å². The first kappa shape index (κ1) is 13.2. The van der Waals surface area contributed by atoms with E-state index in [9.17, 15) is 18.0 Å². The zero-order chi connectivity index (χ0) is 11.4. The van der Waals surface area contributed by atoms with E-state index in [1.54, 1.807) is 0 Å². The summed E-state index contributed by atoms with van der Waals surface area (Å²) in [7, 11) is 0. The highest BCUT2D eigenvalue weighted by Crippen LogP contribution is 2.18. The molecular weight excluding hydrogens is 217 g/mol. The van der Waals surface area contributed by atoms with Gasteiger partial charge in [0, 0.05) is 12.5 Å². The molecule has 0 saturated heterocycles. The van der Waals surface area contributed by atoms with E-state index in [0.717, 1.165) is 0 Å². The molecule has 0 spiro atoms. The molecule has 0 aliphatic carbocycles. The molecule has 3 nitrogen and oxygen atoms in total. The maximum absolute atomic E-state index is 11.7. The van der Waals surface area contributed by atoms with Crippen LogP contribution in [0.25, 0.3) is 0 Å². The lowest BCUT2D eigenvalue weighted by atomic mass is 10.2. The van der Waals surface area contributed by atoms with Gasteiger partial charge in [-0.2, -0.15) is 13.2 Å². The molecule has 7 heteroatoms. The van der Waals surface area contributed by atoms with Gasteiger partial charge in [-0.25, -0.2) is 0 Å². The average Bonchev–Trinajstić information content (AvgIpc) is 1.77. The number of rotatable bonds is 4. The lowest BCUT2D eigenvalue weighted by Gasteiger charge is -2.13. The van der Waals surface area contributed by atoms with Crippen LogP contribution >= 0.6 is 12.2 Å². The Kier molecular flexibility index (Phi) is 4.82. The number of nitrogens with one attached hydrogen (secondary N) is 1. The number of carbonyl (C=O) groups excluding carboxylic acids is 1. The van der Waals surface area contributed by atoms with Crippen molar-refractivity contribution in [3.05, 3.63) is 0 Å². The third-order valence-electron chi connectivity index (χ3n) is 1.28. The van der Waals surface area contributed by atoms with Crippen LogP contribution in [-0.4, -0.2) is 23.1 Å². The van der Waals surface area contributed by atoms with Gasteiger partial charge in [0.05, 0.1) is 4.99 Å². The third-order valence-corrected chi connectivity index (χ3v) is 1.44. The molecule has 0 bridgehead atoms. The topological polar surface area (TPSA) is 55.1 Å². The van der Waals surface area contributed by atoms with Gasteiger partial charge in [0.15, 0.2) is 0 Å². The van der Waals surface area contributed by atoms with Crippen LogP contribution in [0, 0.1) is 0 Å². The van der Waals surface area contributed by atoms with Gasteiger partial charge in [-0.05, 0) is 6.92 Å². The third kappa shape index (κ3) is 7.78. The largest absolute Gasteiger partial charge is 0.397 e. The number of thiocarbonyl (C=S) groups is 1. The van der Waals surface area contributed by atoms with E-state index in [4.69, 9.17) is 5.73 Å². The van der Waals surface area contributed by atoms with Crippen LogP contribution in [0.15, 0.2) is 0 Å². The van der Waals surface area contributed by atoms with Gasteiger partial charge in [0.1, 0.15) is 6.42 Å². The predicted molar refractivity (Wildman–Crippen MR) is 49.7 cm³/mol. The van der Waals surface area contributed by atoms with Gasteiger partial charge in [0.2, 0.25) is 5.91 Å². The van der Waals surface area contributed by atoms with Crippen LogP contribution in [0.1, 0.15) is 19.8 Å². The van der Waals surface area contributed by atoms with Crippen LogP contribution < -0.4 is 11.1 Å². The number of carbonyl (C=O) groups is 1. The number of alkyl halides is 3. The van der Waals surface area contributed by atoms with Crippen LogP contribution in [0.2, 0.25) is 0 Å². The van der Waals surface area contributed by atoms with Crippen molar-refractivity contribution in [2.75, 3.05) is 0 Å². The summed E-state index contributed by atoms with van der Waals surface area (Å²) in [6.07, 6.45) is -5.76. The molecule has 1 unspecified atom stereocenters. The molecule has 0 rings (SSSR count). The fourth-order valence-corrected chi connectivity index (χ4v) is 1.11. The van der Waals surface area contributed by atoms with Crippen LogP contribution in [-0.2, 0) is 4.79 Å². The molecule has 0 aliphatic rings. The number of hydrogen-bond donors (Lipinski definition) is 2. The first-order valence-corrected chi connectivity index (χ1v) is 4.26. The summed E-state index contributed by atoms with van der Waals surface area (Å²) in [5.74, 6) is -1.07. The van der Waals surface area contributed by atoms with E-state index in [-0.39, 0.29) is 11.4 Å². The van der Waals surface area contributed by atoms with Gasteiger partial charge in [-0.1, -0.05) is 12.2 Å². The minimum Gasteiger partial charge on any atom is -0.393 e. The summed E-state index contributed by atoms with van der Waals surface area (Å²) in [5, 5.41) is 2.14. The normalized spacial score (nSPS) is 13.4. The van der Waals surface area contributed by atoms with Crippen molar-refractivity contribution in [3.8, 4) is 0 Å². The van der Waals surface area contributed by atoms with Crippen molar-refractivity contribution in [2.24, 2.45) is 5.73 Å². The lowest BCUT2D eigenvalue weighted by Crippen LogP contribution is -2.37. The van der Waals surface area contributed by atoms with E-state index in [1.807, 2.05) is 0 Å². The Bertz CT molecular complexity index is 229. The molecule has 14 heavy (non-hydrogen) atoms. The maximum atomic E-state index is 11.7. The highest BCUT2D eigenvalue weighted by atomic mass is 32.1. The van der Waals surface area contributed by atoms with Crippen LogP contribution in [0.5, 0.6) is 0 Å². The summed E-state index contributed by atoms with van der Waals surface area (Å²) in [6, 6.07) is -0.470. The summed E-state index contributed by atoms with van der Waals surface area (Å²) < 4.78 is 35.1. The Morgan fingerprint density at radius 1 is 1.57 bits per heavy atom. The van der Waals surface area contributed by atoms with Crippen molar-refractivity contribution < 1.29 is 18.0 Å². The molecule has 82 valence electrons. The Morgan fingerprint density at radius 3 is 2.43 bits per heavy atom. The molecule has 1 amide bonds. The first-order chi connectivity index (χ1) is 6.20. The molecule has 0 aromatic rings. The highest BCUT2D eigenvalue weighted by Gasteiger charge is 2.31. The summed E-state index contributed by atoms with van der Waals surface area (Å²) >= 11 is 4.54. The minimum absolute atomic E-state index is 0.157. The maximum Gasteiger partial charge on any atom is 0.397 e. The van der Waals surface area contributed by atoms with Gasteiger partial charge in [-0.15, -0.1) is 0 Å². The van der Waals surface area contributed by atoms with E-state index < -0.39 is 24.5 Å². The van der Waals surface area contributed by atoms with E-state index in [1.165, 1.54) is 6.92 Å². The Balaban J connectivity index is 3.89. The molecule has 0 fully saturated rings. The molecule has 1 atom stereocenters. The molecule has 0 aliphatic heterocycles. The SMILES string of the molecule is CC(CC(N)=S)NC(=O)CC(F)(F)F. The fourth-order valence-electron chi connectivity index (χ4n) is 0.861. The van der Waals surface area contributed by atoms with Gasteiger partial charge >= 0.3 is 6.18 Å². The van der Waals surface area contributed by atoms with Crippen molar-refractivity contribution in [3.63, 3.8) is 0 Å². The first-order valence-electron chi connectivity index (χ1n) is 3.85. The van der Waals surface area contributed by atoms with Crippen molar-refractivity contribution >= 4 is 23.1 Å². The standard InChI is InChI=1S/C7H11F3N2OS/c1-4(2-5(11)14)12-6(13)3-7(8,9)10/h4H,2-3H2,1H3,(H2,11,14)(H,12,13). The van der Waals surface area contributed by atoms with Crippen molar-refractivity contribution in [1.82, 2.24) is 5.32 Å². The van der Waals surface area contributed by atoms with E-state index in [2.05, 4.69) is 17.5 Å². The predicted octanol–water partition coefficient (Wildman–Crippen LogP) is 1.12. The number of hydrogen-bond acceptors (Lipinski definition) is 2. The van der Waals surface area contributed by atoms with Gasteiger partial charge in [0.25, 0.3) is 0 Å². The number of halogens is 3. The van der Waals surface area contributed by atoms with E-state index >= 15 is 0 Å². The Morgan fingerprint density at radius 2 is 2.07 bits per heavy atom. The molecule has 3 N–H and O–H groups in total. The zero-order valence-corrected chi connectivity index (χ0v) is 8.34. The molecule has 0 aromatic carbocycles. The monoisotopic (exact) mass is 228 g/mol. The highest BCUT2D eigenvalue weighted by molar-refractivity contribution is 7.80. The second kappa shape index (κ2) is 5.14. The minimum atomic E-state index is -4.48. The molecule has 0 radical (unpaired) electrons. The Hall–Kier alpha value is -0.850. The van der Waals surface area contributed by atoms with Crippen molar-refractivity contribution in [2.45, 2.75) is 32.0 Å². The molecule has 0 heterocycles. The quantitative estimate of drug-likeness (QED) is 0.709. The fraction of sp³-hybridized carbons (Fsp3) is 0.714. The van der Waals surface area contributed by atoms with Gasteiger partial charge < -0.3 is 11.1 Å². The van der Waals surface area contributed by atoms with Crippen LogP contribution in [0.3, 0.4) is 0 Å². The Labute approximate surface area is 84.8 Å². The van der Waals surface area contributed by atoms with Crippen molar-refractivity contribution in [1.29, 1.82) is 0 Å². The number of amides is 1. The lowest BCUT2D eigenvalue weighted by molar-refractivity contribution is -0.154. The smallest absolute Gasteiger partial charge is 0.393 e. The second-order valence-corrected chi connectivity index (χ2v) is 3.46. The van der Waals surface area contributed by atoms with Crippen LogP contribution in [0.4, 0.5) is 13.2 Å². The average molecular weight is 228 g/mol. The zero-order valence-electron chi connectivity index (χ0n) is 7.52. The molecular formula is C7H11F3N2OS. The summed E-state index contributed by atoms with van der Waals surface area (Å²) in [6.45, 7) is 1.54. The van der Waals surface area contributed by atoms with Gasteiger partial charge in [-0.3, -0.25) is 4.79 Å². The molecule has 0 aromatic heterocycles. The molecule has 0 saturated carbocycles. The second-order valence-electron chi connectivity index (χ2n) is 2.93. The summed E-state index contributed by atoms with van der Waals surface area (Å²) in [5.41, 5.74) is 5.15. The number of nitrogens with two attached hydrogens (primary N) is 1.